The van der Waals surface area contributed by atoms with E-state index in [2.05, 4.69) is 11.3 Å². The predicted molar refractivity (Wildman–Crippen MR) is 48.2 cm³/mol. The summed E-state index contributed by atoms with van der Waals surface area (Å²) in [5, 5.41) is 0. The van der Waals surface area contributed by atoms with Gasteiger partial charge < -0.3 is 14.2 Å². The molecule has 0 heterocycles. The van der Waals surface area contributed by atoms with Crippen LogP contribution in [0.5, 0.6) is 0 Å². The van der Waals surface area contributed by atoms with Crippen molar-refractivity contribution in [3.8, 4) is 0 Å². The quantitative estimate of drug-likeness (QED) is 0.260. The van der Waals surface area contributed by atoms with Crippen molar-refractivity contribution in [1.82, 2.24) is 0 Å². The van der Waals surface area contributed by atoms with Crippen LogP contribution in [0.2, 0.25) is 0 Å². The van der Waals surface area contributed by atoms with Gasteiger partial charge in [-0.15, -0.1) is 0 Å². The molecule has 0 saturated carbocycles. The first-order valence-electron chi connectivity index (χ1n) is 4.23. The van der Waals surface area contributed by atoms with Gasteiger partial charge in [0.15, 0.2) is 6.29 Å². The van der Waals surface area contributed by atoms with Gasteiger partial charge in [0.2, 0.25) is 0 Å². The minimum Gasteiger partial charge on any atom is -0.460 e. The molecule has 0 saturated heterocycles. The highest BCUT2D eigenvalue weighted by atomic mass is 16.7. The molecule has 76 valence electrons. The van der Waals surface area contributed by atoms with Crippen LogP contribution in [0, 0.1) is 0 Å². The lowest BCUT2D eigenvalue weighted by Crippen LogP contribution is -2.17. The Kier molecular flexibility index (Phi) is 7.24. The molecular formula is C9H16O4. The van der Waals surface area contributed by atoms with Crippen LogP contribution in [0.25, 0.3) is 0 Å². The molecule has 1 atom stereocenters. The smallest absolute Gasteiger partial charge is 0.330 e. The van der Waals surface area contributed by atoms with E-state index in [1.54, 1.807) is 6.92 Å². The van der Waals surface area contributed by atoms with E-state index < -0.39 is 5.97 Å². The van der Waals surface area contributed by atoms with Crippen molar-refractivity contribution in [2.45, 2.75) is 20.1 Å². The molecule has 0 rings (SSSR count). The van der Waals surface area contributed by atoms with Crippen LogP contribution < -0.4 is 0 Å². The van der Waals surface area contributed by atoms with Crippen LogP contribution in [0.1, 0.15) is 13.8 Å². The molecule has 0 aromatic rings. The Hall–Kier alpha value is -0.870. The standard InChI is InChI=1S/C9H16O4/c1-4-9(10)13-7-6-12-8(3)11-5-2/h4,8H,1,5-7H2,2-3H3. The van der Waals surface area contributed by atoms with E-state index in [0.717, 1.165) is 6.08 Å². The van der Waals surface area contributed by atoms with Crippen LogP contribution in [0.15, 0.2) is 12.7 Å². The number of esters is 1. The zero-order valence-electron chi connectivity index (χ0n) is 8.12. The SMILES string of the molecule is C=CC(=O)OCCOC(C)OCC. The fourth-order valence-corrected chi connectivity index (χ4v) is 0.698. The van der Waals surface area contributed by atoms with E-state index in [1.165, 1.54) is 0 Å². The summed E-state index contributed by atoms with van der Waals surface area (Å²) in [6.07, 6.45) is 0.860. The molecule has 0 radical (unpaired) electrons. The highest BCUT2D eigenvalue weighted by Gasteiger charge is 2.00. The van der Waals surface area contributed by atoms with Gasteiger partial charge in [-0.05, 0) is 13.8 Å². The average molecular weight is 188 g/mol. The third-order valence-corrected chi connectivity index (χ3v) is 1.25. The molecule has 0 aromatic heterocycles. The molecule has 0 fully saturated rings. The molecule has 1 unspecified atom stereocenters. The first kappa shape index (κ1) is 12.1. The molecule has 0 spiro atoms. The highest BCUT2D eigenvalue weighted by Crippen LogP contribution is 1.92. The number of hydrogen-bond acceptors (Lipinski definition) is 4. The summed E-state index contributed by atoms with van der Waals surface area (Å²) in [5.41, 5.74) is 0. The molecule has 13 heavy (non-hydrogen) atoms. The fraction of sp³-hybridized carbons (Fsp3) is 0.667. The van der Waals surface area contributed by atoms with Gasteiger partial charge in [-0.25, -0.2) is 4.79 Å². The van der Waals surface area contributed by atoms with E-state index in [0.29, 0.717) is 13.2 Å². The van der Waals surface area contributed by atoms with Crippen molar-refractivity contribution in [1.29, 1.82) is 0 Å². The van der Waals surface area contributed by atoms with Gasteiger partial charge in [0, 0.05) is 12.7 Å². The maximum atomic E-state index is 10.6. The van der Waals surface area contributed by atoms with E-state index in [-0.39, 0.29) is 12.9 Å². The van der Waals surface area contributed by atoms with E-state index in [1.807, 2.05) is 6.92 Å². The second kappa shape index (κ2) is 7.76. The van der Waals surface area contributed by atoms with Crippen molar-refractivity contribution < 1.29 is 19.0 Å². The predicted octanol–water partition coefficient (Wildman–Crippen LogP) is 1.11. The van der Waals surface area contributed by atoms with Crippen LogP contribution in [0.3, 0.4) is 0 Å². The van der Waals surface area contributed by atoms with Crippen LogP contribution >= 0.6 is 0 Å². The summed E-state index contributed by atoms with van der Waals surface area (Å²) in [5.74, 6) is -0.437. The molecule has 0 aliphatic heterocycles. The Labute approximate surface area is 78.5 Å². The lowest BCUT2D eigenvalue weighted by atomic mass is 10.6. The lowest BCUT2D eigenvalue weighted by molar-refractivity contribution is -0.151. The van der Waals surface area contributed by atoms with Crippen molar-refractivity contribution >= 4 is 5.97 Å². The van der Waals surface area contributed by atoms with Gasteiger partial charge in [0.1, 0.15) is 6.61 Å². The Morgan fingerprint density at radius 3 is 2.69 bits per heavy atom. The van der Waals surface area contributed by atoms with Gasteiger partial charge in [-0.2, -0.15) is 0 Å². The minimum absolute atomic E-state index is 0.224. The number of carbonyl (C=O) groups is 1. The normalized spacial score (nSPS) is 12.2. The molecular weight excluding hydrogens is 172 g/mol. The molecule has 0 bridgehead atoms. The Balaban J connectivity index is 3.24. The maximum Gasteiger partial charge on any atom is 0.330 e. The van der Waals surface area contributed by atoms with E-state index in [9.17, 15) is 4.79 Å². The van der Waals surface area contributed by atoms with Crippen molar-refractivity contribution in [2.75, 3.05) is 19.8 Å². The second-order valence-corrected chi connectivity index (χ2v) is 2.27. The average Bonchev–Trinajstić information content (AvgIpc) is 2.12. The summed E-state index contributed by atoms with van der Waals surface area (Å²) < 4.78 is 14.9. The summed E-state index contributed by atoms with van der Waals surface area (Å²) in [4.78, 5) is 10.6. The van der Waals surface area contributed by atoms with E-state index in [4.69, 9.17) is 9.47 Å². The van der Waals surface area contributed by atoms with Gasteiger partial charge >= 0.3 is 5.97 Å². The van der Waals surface area contributed by atoms with Gasteiger partial charge in [0.05, 0.1) is 6.61 Å². The molecule has 0 aliphatic carbocycles. The van der Waals surface area contributed by atoms with Crippen molar-refractivity contribution in [3.63, 3.8) is 0 Å². The Morgan fingerprint density at radius 1 is 1.46 bits per heavy atom. The Bertz CT molecular complexity index is 156. The van der Waals surface area contributed by atoms with E-state index >= 15 is 0 Å². The van der Waals surface area contributed by atoms with Crippen LogP contribution in [-0.4, -0.2) is 32.1 Å². The first-order chi connectivity index (χ1) is 6.20. The molecule has 0 amide bonds. The number of carbonyl (C=O) groups excluding carboxylic acids is 1. The monoisotopic (exact) mass is 188 g/mol. The lowest BCUT2D eigenvalue weighted by Gasteiger charge is -2.12. The van der Waals surface area contributed by atoms with Crippen molar-refractivity contribution in [2.24, 2.45) is 0 Å². The van der Waals surface area contributed by atoms with Crippen LogP contribution in [-0.2, 0) is 19.0 Å². The number of ether oxygens (including phenoxy) is 3. The molecule has 0 N–H and O–H groups in total. The minimum atomic E-state index is -0.437. The summed E-state index contributed by atoms with van der Waals surface area (Å²) in [7, 11) is 0. The summed E-state index contributed by atoms with van der Waals surface area (Å²) >= 11 is 0. The van der Waals surface area contributed by atoms with Gasteiger partial charge in [-0.1, -0.05) is 6.58 Å². The molecule has 0 aliphatic rings. The highest BCUT2D eigenvalue weighted by molar-refractivity contribution is 5.81. The zero-order chi connectivity index (χ0) is 10.1. The van der Waals surface area contributed by atoms with Crippen molar-refractivity contribution in [3.05, 3.63) is 12.7 Å². The second-order valence-electron chi connectivity index (χ2n) is 2.27. The van der Waals surface area contributed by atoms with Gasteiger partial charge in [-0.3, -0.25) is 0 Å². The number of hydrogen-bond donors (Lipinski definition) is 0. The molecule has 0 aromatic carbocycles. The Morgan fingerprint density at radius 2 is 2.15 bits per heavy atom. The zero-order valence-corrected chi connectivity index (χ0v) is 8.12. The molecule has 4 nitrogen and oxygen atoms in total. The summed E-state index contributed by atoms with van der Waals surface area (Å²) in [6.45, 7) is 8.10. The largest absolute Gasteiger partial charge is 0.460 e. The maximum absolute atomic E-state index is 10.6. The molecule has 4 heteroatoms. The van der Waals surface area contributed by atoms with Gasteiger partial charge in [0.25, 0.3) is 0 Å². The topological polar surface area (TPSA) is 44.8 Å². The number of rotatable bonds is 7. The van der Waals surface area contributed by atoms with Crippen LogP contribution in [0.4, 0.5) is 0 Å². The third kappa shape index (κ3) is 7.49. The summed E-state index contributed by atoms with van der Waals surface area (Å²) in [6, 6.07) is 0. The third-order valence-electron chi connectivity index (χ3n) is 1.25. The first-order valence-corrected chi connectivity index (χ1v) is 4.23. The fourth-order valence-electron chi connectivity index (χ4n) is 0.698.